The monoisotopic (exact) mass is 261 g/mol. The van der Waals surface area contributed by atoms with Gasteiger partial charge >= 0.3 is 0 Å². The number of carbonyl (C=O) groups excluding carboxylic acids is 1. The van der Waals surface area contributed by atoms with Crippen molar-refractivity contribution in [3.8, 4) is 5.75 Å². The number of nitrogens with one attached hydrogen (secondary N) is 1. The molecule has 0 aliphatic heterocycles. The van der Waals surface area contributed by atoms with Gasteiger partial charge in [0, 0.05) is 12.1 Å². The molecule has 0 atom stereocenters. The fourth-order valence-electron chi connectivity index (χ4n) is 2.80. The molecule has 0 heterocycles. The van der Waals surface area contributed by atoms with Gasteiger partial charge in [-0.1, -0.05) is 26.2 Å². The summed E-state index contributed by atoms with van der Waals surface area (Å²) in [5.74, 6) is 1.67. The maximum absolute atomic E-state index is 11.9. The van der Waals surface area contributed by atoms with Crippen LogP contribution in [0.25, 0.3) is 0 Å². The lowest BCUT2D eigenvalue weighted by atomic mass is 9.81. The first kappa shape index (κ1) is 13.9. The lowest BCUT2D eigenvalue weighted by Gasteiger charge is -2.27. The van der Waals surface area contributed by atoms with Gasteiger partial charge in [-0.25, -0.2) is 0 Å². The van der Waals surface area contributed by atoms with Crippen LogP contribution in [0.3, 0.4) is 0 Å². The van der Waals surface area contributed by atoms with Crippen LogP contribution < -0.4 is 5.32 Å². The quantitative estimate of drug-likeness (QED) is 0.873. The maximum Gasteiger partial charge on any atom is 0.251 e. The van der Waals surface area contributed by atoms with Crippen molar-refractivity contribution < 1.29 is 9.90 Å². The van der Waals surface area contributed by atoms with E-state index >= 15 is 0 Å². The highest BCUT2D eigenvalue weighted by atomic mass is 16.3. The van der Waals surface area contributed by atoms with Crippen LogP contribution in [0.15, 0.2) is 24.3 Å². The zero-order valence-corrected chi connectivity index (χ0v) is 11.6. The highest BCUT2D eigenvalue weighted by molar-refractivity contribution is 5.94. The minimum atomic E-state index is -0.0439. The van der Waals surface area contributed by atoms with Crippen LogP contribution >= 0.6 is 0 Å². The van der Waals surface area contributed by atoms with Gasteiger partial charge in [-0.2, -0.15) is 0 Å². The molecule has 2 rings (SSSR count). The molecule has 0 bridgehead atoms. The van der Waals surface area contributed by atoms with Crippen molar-refractivity contribution >= 4 is 5.91 Å². The molecule has 0 aromatic heterocycles. The molecule has 2 N–H and O–H groups in total. The molecule has 1 aromatic carbocycles. The van der Waals surface area contributed by atoms with E-state index in [9.17, 15) is 9.90 Å². The molecule has 1 saturated carbocycles. The van der Waals surface area contributed by atoms with E-state index in [-0.39, 0.29) is 11.7 Å². The number of rotatable bonds is 4. The summed E-state index contributed by atoms with van der Waals surface area (Å²) < 4.78 is 0. The van der Waals surface area contributed by atoms with Crippen molar-refractivity contribution in [2.45, 2.75) is 39.0 Å². The van der Waals surface area contributed by atoms with E-state index in [0.29, 0.717) is 11.5 Å². The van der Waals surface area contributed by atoms with Gasteiger partial charge < -0.3 is 10.4 Å². The molecular formula is C16H23NO2. The molecule has 0 radical (unpaired) electrons. The van der Waals surface area contributed by atoms with Crippen molar-refractivity contribution in [2.75, 3.05) is 6.54 Å². The smallest absolute Gasteiger partial charge is 0.251 e. The van der Waals surface area contributed by atoms with Crippen LogP contribution in [0.2, 0.25) is 0 Å². The van der Waals surface area contributed by atoms with Gasteiger partial charge in [0.1, 0.15) is 5.75 Å². The number of phenolic OH excluding ortho intramolecular Hbond substituents is 1. The summed E-state index contributed by atoms with van der Waals surface area (Å²) >= 11 is 0. The molecule has 1 fully saturated rings. The average Bonchev–Trinajstić information content (AvgIpc) is 2.46. The Morgan fingerprint density at radius 1 is 1.16 bits per heavy atom. The largest absolute Gasteiger partial charge is 0.508 e. The topological polar surface area (TPSA) is 49.3 Å². The second kappa shape index (κ2) is 6.60. The highest BCUT2D eigenvalue weighted by Crippen LogP contribution is 2.30. The van der Waals surface area contributed by atoms with E-state index in [1.165, 1.54) is 32.1 Å². The Kier molecular flexibility index (Phi) is 4.83. The first-order chi connectivity index (χ1) is 9.19. The molecule has 3 heteroatoms. The molecule has 104 valence electrons. The predicted molar refractivity (Wildman–Crippen MR) is 76.2 cm³/mol. The summed E-state index contributed by atoms with van der Waals surface area (Å²) in [7, 11) is 0. The molecule has 1 aliphatic carbocycles. The van der Waals surface area contributed by atoms with Crippen molar-refractivity contribution in [2.24, 2.45) is 11.8 Å². The van der Waals surface area contributed by atoms with E-state index in [1.807, 2.05) is 0 Å². The van der Waals surface area contributed by atoms with Crippen LogP contribution in [-0.4, -0.2) is 17.6 Å². The SMILES string of the molecule is CCC1CCC(CNC(=O)c2ccc(O)cc2)CC1. The zero-order chi connectivity index (χ0) is 13.7. The van der Waals surface area contributed by atoms with Crippen molar-refractivity contribution in [3.63, 3.8) is 0 Å². The molecule has 0 spiro atoms. The standard InChI is InChI=1S/C16H23NO2/c1-2-12-3-5-13(6-4-12)11-17-16(19)14-7-9-15(18)10-8-14/h7-10,12-13,18H,2-6,11H2,1H3,(H,17,19). The Labute approximate surface area is 115 Å². The second-order valence-corrected chi connectivity index (χ2v) is 5.55. The summed E-state index contributed by atoms with van der Waals surface area (Å²) in [6.45, 7) is 3.04. The molecule has 19 heavy (non-hydrogen) atoms. The minimum absolute atomic E-state index is 0.0439. The second-order valence-electron chi connectivity index (χ2n) is 5.55. The van der Waals surface area contributed by atoms with Gasteiger partial charge in [0.25, 0.3) is 5.91 Å². The highest BCUT2D eigenvalue weighted by Gasteiger charge is 2.20. The number of benzene rings is 1. The Morgan fingerprint density at radius 2 is 1.74 bits per heavy atom. The summed E-state index contributed by atoms with van der Waals surface area (Å²) in [6, 6.07) is 6.39. The number of hydrogen-bond acceptors (Lipinski definition) is 2. The van der Waals surface area contributed by atoms with Crippen LogP contribution in [0.1, 0.15) is 49.4 Å². The van der Waals surface area contributed by atoms with Gasteiger partial charge in [-0.05, 0) is 48.9 Å². The maximum atomic E-state index is 11.9. The summed E-state index contributed by atoms with van der Waals surface area (Å²) in [6.07, 6.45) is 6.35. The molecule has 1 amide bonds. The first-order valence-corrected chi connectivity index (χ1v) is 7.26. The fraction of sp³-hybridized carbons (Fsp3) is 0.562. The summed E-state index contributed by atoms with van der Waals surface area (Å²) in [5.41, 5.74) is 0.611. The lowest BCUT2D eigenvalue weighted by Crippen LogP contribution is -2.31. The number of carbonyl (C=O) groups is 1. The van der Waals surface area contributed by atoms with Crippen LogP contribution in [0.5, 0.6) is 5.75 Å². The molecule has 1 aromatic rings. The lowest BCUT2D eigenvalue weighted by molar-refractivity contribution is 0.0941. The minimum Gasteiger partial charge on any atom is -0.508 e. The van der Waals surface area contributed by atoms with Gasteiger partial charge in [-0.3, -0.25) is 4.79 Å². The van der Waals surface area contributed by atoms with Crippen LogP contribution in [0.4, 0.5) is 0 Å². The number of phenols is 1. The van der Waals surface area contributed by atoms with Crippen molar-refractivity contribution in [1.82, 2.24) is 5.32 Å². The van der Waals surface area contributed by atoms with Crippen LogP contribution in [-0.2, 0) is 0 Å². The Hall–Kier alpha value is -1.51. The van der Waals surface area contributed by atoms with E-state index in [2.05, 4.69) is 12.2 Å². The summed E-state index contributed by atoms with van der Waals surface area (Å²) in [5, 5.41) is 12.2. The predicted octanol–water partition coefficient (Wildman–Crippen LogP) is 3.34. The molecule has 1 aliphatic rings. The van der Waals surface area contributed by atoms with Crippen molar-refractivity contribution in [3.05, 3.63) is 29.8 Å². The Bertz CT molecular complexity index is 405. The van der Waals surface area contributed by atoms with Gasteiger partial charge in [-0.15, -0.1) is 0 Å². The fourth-order valence-corrected chi connectivity index (χ4v) is 2.80. The normalized spacial score (nSPS) is 23.0. The third-order valence-corrected chi connectivity index (χ3v) is 4.22. The third kappa shape index (κ3) is 3.98. The van der Waals surface area contributed by atoms with Crippen molar-refractivity contribution in [1.29, 1.82) is 0 Å². The van der Waals surface area contributed by atoms with Gasteiger partial charge in [0.2, 0.25) is 0 Å². The molecule has 0 saturated heterocycles. The van der Waals surface area contributed by atoms with E-state index in [1.54, 1.807) is 24.3 Å². The van der Waals surface area contributed by atoms with E-state index < -0.39 is 0 Å². The van der Waals surface area contributed by atoms with Gasteiger partial charge in [0.05, 0.1) is 0 Å². The molecular weight excluding hydrogens is 238 g/mol. The number of amides is 1. The van der Waals surface area contributed by atoms with E-state index in [0.717, 1.165) is 12.5 Å². The van der Waals surface area contributed by atoms with Crippen LogP contribution in [0, 0.1) is 11.8 Å². The van der Waals surface area contributed by atoms with E-state index in [4.69, 9.17) is 0 Å². The average molecular weight is 261 g/mol. The number of aromatic hydroxyl groups is 1. The zero-order valence-electron chi connectivity index (χ0n) is 11.6. The third-order valence-electron chi connectivity index (χ3n) is 4.22. The molecule has 0 unspecified atom stereocenters. The van der Waals surface area contributed by atoms with Gasteiger partial charge in [0.15, 0.2) is 0 Å². The Balaban J connectivity index is 1.76. The molecule has 3 nitrogen and oxygen atoms in total. The number of hydrogen-bond donors (Lipinski definition) is 2. The first-order valence-electron chi connectivity index (χ1n) is 7.26. The summed E-state index contributed by atoms with van der Waals surface area (Å²) in [4.78, 5) is 11.9. The Morgan fingerprint density at radius 3 is 2.32 bits per heavy atom.